The summed E-state index contributed by atoms with van der Waals surface area (Å²) in [6.45, 7) is 17.4. The molecule has 2 saturated heterocycles. The maximum atomic E-state index is 12.4. The first kappa shape index (κ1) is 24.4. The average molecular weight is 455 g/mol. The van der Waals surface area contributed by atoms with Gasteiger partial charge in [0.15, 0.2) is 14.1 Å². The number of nitrogens with zero attached hydrogens (tertiary/aromatic N) is 2. The summed E-state index contributed by atoms with van der Waals surface area (Å²) in [7, 11) is -1.98. The molecule has 1 unspecified atom stereocenters. The zero-order valence-corrected chi connectivity index (χ0v) is 21.1. The molecule has 0 amide bonds. The van der Waals surface area contributed by atoms with E-state index in [1.807, 2.05) is 24.6 Å². The van der Waals surface area contributed by atoms with Crippen molar-refractivity contribution in [2.24, 2.45) is 5.92 Å². The highest BCUT2D eigenvalue weighted by molar-refractivity contribution is 6.74. The molecule has 0 radical (unpaired) electrons. The minimum absolute atomic E-state index is 0.0869. The Morgan fingerprint density at radius 1 is 1.23 bits per heavy atom. The van der Waals surface area contributed by atoms with Crippen LogP contribution in [0.15, 0.2) is 18.7 Å². The number of rotatable bonds is 7. The van der Waals surface area contributed by atoms with Gasteiger partial charge in [0.05, 0.1) is 32.1 Å². The zero-order chi connectivity index (χ0) is 23.0. The van der Waals surface area contributed by atoms with Crippen LogP contribution in [0, 0.1) is 5.92 Å². The van der Waals surface area contributed by atoms with Gasteiger partial charge in [0.25, 0.3) is 0 Å². The Hall–Kier alpha value is -1.26. The van der Waals surface area contributed by atoms with Crippen molar-refractivity contribution in [1.29, 1.82) is 0 Å². The molecule has 8 nitrogen and oxygen atoms in total. The number of hydrogen-bond donors (Lipinski definition) is 0. The molecule has 3 rings (SSSR count). The number of ether oxygens (including phenoxy) is 4. The molecule has 0 N–H and O–H groups in total. The van der Waals surface area contributed by atoms with E-state index >= 15 is 0 Å². The van der Waals surface area contributed by atoms with Gasteiger partial charge >= 0.3 is 5.97 Å². The molecule has 0 spiro atoms. The van der Waals surface area contributed by atoms with Crippen molar-refractivity contribution >= 4 is 14.3 Å². The Morgan fingerprint density at radius 2 is 1.90 bits per heavy atom. The Labute approximate surface area is 186 Å². The number of imidazole rings is 1. The lowest BCUT2D eigenvalue weighted by molar-refractivity contribution is -0.203. The lowest BCUT2D eigenvalue weighted by Crippen LogP contribution is -2.54. The van der Waals surface area contributed by atoms with Crippen molar-refractivity contribution in [1.82, 2.24) is 9.55 Å². The third-order valence-electron chi connectivity index (χ3n) is 6.57. The van der Waals surface area contributed by atoms with Crippen molar-refractivity contribution in [2.45, 2.75) is 96.4 Å². The van der Waals surface area contributed by atoms with Gasteiger partial charge in [-0.3, -0.25) is 4.79 Å². The lowest BCUT2D eigenvalue weighted by atomic mass is 9.87. The Bertz CT molecular complexity index is 746. The van der Waals surface area contributed by atoms with Gasteiger partial charge in [-0.05, 0) is 38.9 Å². The molecule has 3 heterocycles. The van der Waals surface area contributed by atoms with Crippen molar-refractivity contribution in [3.8, 4) is 0 Å². The molecule has 1 aromatic rings. The van der Waals surface area contributed by atoms with E-state index in [2.05, 4.69) is 38.8 Å². The summed E-state index contributed by atoms with van der Waals surface area (Å²) in [6.07, 6.45) is 4.00. The van der Waals surface area contributed by atoms with Gasteiger partial charge in [0, 0.05) is 18.3 Å². The first-order valence-corrected chi connectivity index (χ1v) is 14.0. The molecule has 9 heteroatoms. The van der Waals surface area contributed by atoms with Gasteiger partial charge in [-0.1, -0.05) is 20.8 Å². The molecule has 2 aliphatic rings. The van der Waals surface area contributed by atoms with Crippen LogP contribution < -0.4 is 0 Å². The smallest absolute Gasteiger partial charge is 0.306 e. The maximum Gasteiger partial charge on any atom is 0.306 e. The van der Waals surface area contributed by atoms with Crippen LogP contribution in [0.25, 0.3) is 0 Å². The molecular weight excluding hydrogens is 416 g/mol. The summed E-state index contributed by atoms with van der Waals surface area (Å²) in [4.78, 5) is 16.6. The van der Waals surface area contributed by atoms with Gasteiger partial charge in [0.1, 0.15) is 18.4 Å². The van der Waals surface area contributed by atoms with Crippen LogP contribution in [0.5, 0.6) is 0 Å². The minimum atomic E-state index is -1.98. The summed E-state index contributed by atoms with van der Waals surface area (Å²) in [5, 5.41) is 0.0869. The van der Waals surface area contributed by atoms with Crippen LogP contribution in [0.1, 0.15) is 54.2 Å². The number of aromatic nitrogens is 2. The maximum absolute atomic E-state index is 12.4. The van der Waals surface area contributed by atoms with Crippen molar-refractivity contribution in [2.75, 3.05) is 13.2 Å². The second kappa shape index (κ2) is 8.94. The third-order valence-corrected chi connectivity index (χ3v) is 11.1. The van der Waals surface area contributed by atoms with Crippen molar-refractivity contribution < 1.29 is 28.2 Å². The van der Waals surface area contributed by atoms with E-state index in [4.69, 9.17) is 23.4 Å². The molecule has 5 atom stereocenters. The molecule has 2 fully saturated rings. The van der Waals surface area contributed by atoms with Crippen LogP contribution in [-0.2, 0) is 28.2 Å². The first-order valence-electron chi connectivity index (χ1n) is 11.1. The second-order valence-electron chi connectivity index (χ2n) is 10.4. The van der Waals surface area contributed by atoms with Gasteiger partial charge in [-0.2, -0.15) is 0 Å². The van der Waals surface area contributed by atoms with Crippen LogP contribution >= 0.6 is 0 Å². The molecule has 0 saturated carbocycles. The molecule has 0 aromatic carbocycles. The van der Waals surface area contributed by atoms with Crippen LogP contribution in [-0.4, -0.2) is 61.2 Å². The lowest BCUT2D eigenvalue weighted by Gasteiger charge is -2.44. The van der Waals surface area contributed by atoms with E-state index < -0.39 is 20.3 Å². The van der Waals surface area contributed by atoms with Gasteiger partial charge < -0.3 is 27.9 Å². The van der Waals surface area contributed by atoms with E-state index in [1.54, 1.807) is 19.4 Å². The Morgan fingerprint density at radius 3 is 2.48 bits per heavy atom. The third kappa shape index (κ3) is 5.39. The fourth-order valence-electron chi connectivity index (χ4n) is 3.94. The number of fused-ring (bicyclic) bond motifs is 1. The summed E-state index contributed by atoms with van der Waals surface area (Å²) in [5.41, 5.74) is 0. The highest BCUT2D eigenvalue weighted by Gasteiger charge is 2.56. The molecule has 31 heavy (non-hydrogen) atoms. The van der Waals surface area contributed by atoms with Crippen molar-refractivity contribution in [3.63, 3.8) is 0 Å². The van der Waals surface area contributed by atoms with E-state index in [0.29, 0.717) is 13.2 Å². The second-order valence-corrected chi connectivity index (χ2v) is 15.2. The Balaban J connectivity index is 1.88. The van der Waals surface area contributed by atoms with E-state index in [1.165, 1.54) is 0 Å². The zero-order valence-electron chi connectivity index (χ0n) is 20.1. The van der Waals surface area contributed by atoms with Crippen molar-refractivity contribution in [3.05, 3.63) is 18.7 Å². The predicted molar refractivity (Wildman–Crippen MR) is 118 cm³/mol. The summed E-state index contributed by atoms with van der Waals surface area (Å²) in [5.74, 6) is -1.32. The molecule has 0 bridgehead atoms. The van der Waals surface area contributed by atoms with Crippen LogP contribution in [0.2, 0.25) is 18.1 Å². The minimum Gasteiger partial charge on any atom is -0.466 e. The summed E-state index contributed by atoms with van der Waals surface area (Å²) >= 11 is 0. The van der Waals surface area contributed by atoms with E-state index in [0.717, 1.165) is 0 Å². The SMILES string of the molecule is CCOC(=O)C[C@H]1C(n2ccnc2)O[C@H](CO[Si](C)(C)C(C)(C)C)[C@H]2OC(C)(C)O[C@H]21. The van der Waals surface area contributed by atoms with Gasteiger partial charge in [0.2, 0.25) is 0 Å². The quantitative estimate of drug-likeness (QED) is 0.457. The molecule has 2 aliphatic heterocycles. The van der Waals surface area contributed by atoms with Gasteiger partial charge in [-0.25, -0.2) is 4.98 Å². The number of carbonyl (C=O) groups is 1. The number of carbonyl (C=O) groups excluding carboxylic acids is 1. The predicted octanol–water partition coefficient (Wildman–Crippen LogP) is 3.89. The topological polar surface area (TPSA) is 81.0 Å². The molecular formula is C22H38N2O6Si. The van der Waals surface area contributed by atoms with E-state index in [-0.39, 0.29) is 41.7 Å². The van der Waals surface area contributed by atoms with Gasteiger partial charge in [-0.15, -0.1) is 0 Å². The largest absolute Gasteiger partial charge is 0.466 e. The van der Waals surface area contributed by atoms with Crippen LogP contribution in [0.4, 0.5) is 0 Å². The summed E-state index contributed by atoms with van der Waals surface area (Å²) < 4.78 is 32.7. The standard InChI is InChI=1S/C22H38N2O6Si/c1-9-26-17(25)12-15-18-19(30-22(5,6)29-18)16(13-27-31(7,8)21(2,3)4)28-20(15)24-11-10-23-14-24/h10-11,14-16,18-20H,9,12-13H2,1-8H3/t15-,16-,18+,19-,20?/m1/s1. The van der Waals surface area contributed by atoms with E-state index in [9.17, 15) is 4.79 Å². The number of esters is 1. The highest BCUT2D eigenvalue weighted by atomic mass is 28.4. The monoisotopic (exact) mass is 454 g/mol. The highest BCUT2D eigenvalue weighted by Crippen LogP contribution is 2.46. The molecule has 0 aliphatic carbocycles. The fraction of sp³-hybridized carbons (Fsp3) is 0.818. The molecule has 1 aromatic heterocycles. The molecule has 176 valence electrons. The van der Waals surface area contributed by atoms with Crippen LogP contribution in [0.3, 0.4) is 0 Å². The normalized spacial score (nSPS) is 30.8. The Kier molecular flexibility index (Phi) is 7.03. The fourth-order valence-corrected chi connectivity index (χ4v) is 4.95. The first-order chi connectivity index (χ1) is 14.3. The summed E-state index contributed by atoms with van der Waals surface area (Å²) in [6, 6.07) is 0. The number of hydrogen-bond acceptors (Lipinski definition) is 7. The average Bonchev–Trinajstić information content (AvgIpc) is 3.27.